The standard InChI is InChI=1S/C26H29NO2S/c1-20-8-11-24(12-9-20)30-29-25-13-10-21(18-26(25)28-2)19-27-16-14-23(15-17-27)22-6-4-3-5-7-22/h3-13,18,23H,14-17,19H2,1-2H3. The van der Waals surface area contributed by atoms with Gasteiger partial charge < -0.3 is 8.92 Å². The maximum Gasteiger partial charge on any atom is 0.179 e. The van der Waals surface area contributed by atoms with Crippen LogP contribution in [0.4, 0.5) is 0 Å². The van der Waals surface area contributed by atoms with Gasteiger partial charge in [-0.2, -0.15) is 0 Å². The van der Waals surface area contributed by atoms with Crippen LogP contribution in [0.2, 0.25) is 0 Å². The van der Waals surface area contributed by atoms with Crippen LogP contribution in [0.25, 0.3) is 0 Å². The van der Waals surface area contributed by atoms with Gasteiger partial charge in [0.15, 0.2) is 11.5 Å². The Balaban J connectivity index is 1.33. The fourth-order valence-electron chi connectivity index (χ4n) is 3.97. The SMILES string of the molecule is COc1cc(CN2CCC(c3ccccc3)CC2)ccc1OSc1ccc(C)cc1. The lowest BCUT2D eigenvalue weighted by atomic mass is 9.89. The van der Waals surface area contributed by atoms with E-state index >= 15 is 0 Å². The first-order valence-corrected chi connectivity index (χ1v) is 11.3. The van der Waals surface area contributed by atoms with Crippen LogP contribution in [-0.2, 0) is 6.54 Å². The van der Waals surface area contributed by atoms with Crippen molar-refractivity contribution in [2.75, 3.05) is 20.2 Å². The number of aryl methyl sites for hydroxylation is 1. The highest BCUT2D eigenvalue weighted by Gasteiger charge is 2.20. The predicted molar refractivity (Wildman–Crippen MR) is 124 cm³/mol. The van der Waals surface area contributed by atoms with E-state index in [1.807, 2.05) is 6.07 Å². The number of ether oxygens (including phenoxy) is 1. The van der Waals surface area contributed by atoms with Crippen LogP contribution < -0.4 is 8.92 Å². The number of hydrogen-bond donors (Lipinski definition) is 0. The fourth-order valence-corrected chi connectivity index (χ4v) is 4.54. The summed E-state index contributed by atoms with van der Waals surface area (Å²) in [6.45, 7) is 5.29. The second-order valence-electron chi connectivity index (χ2n) is 7.93. The van der Waals surface area contributed by atoms with Gasteiger partial charge in [-0.25, -0.2) is 0 Å². The zero-order chi connectivity index (χ0) is 20.8. The number of methoxy groups -OCH3 is 1. The van der Waals surface area contributed by atoms with Crippen LogP contribution in [0.15, 0.2) is 77.7 Å². The third-order valence-corrected chi connectivity index (χ3v) is 6.47. The van der Waals surface area contributed by atoms with Crippen LogP contribution in [0.5, 0.6) is 11.5 Å². The minimum atomic E-state index is 0.687. The Morgan fingerprint density at radius 3 is 2.33 bits per heavy atom. The molecule has 4 heteroatoms. The number of nitrogens with zero attached hydrogens (tertiary/aromatic N) is 1. The van der Waals surface area contributed by atoms with Crippen molar-refractivity contribution in [1.29, 1.82) is 0 Å². The summed E-state index contributed by atoms with van der Waals surface area (Å²) in [5.41, 5.74) is 3.98. The lowest BCUT2D eigenvalue weighted by Crippen LogP contribution is -2.32. The van der Waals surface area contributed by atoms with E-state index in [1.165, 1.54) is 41.6 Å². The molecular formula is C26H29NO2S. The van der Waals surface area contributed by atoms with Gasteiger partial charge in [0.05, 0.1) is 19.2 Å². The molecule has 1 aliphatic rings. The van der Waals surface area contributed by atoms with Gasteiger partial charge >= 0.3 is 0 Å². The van der Waals surface area contributed by atoms with Gasteiger partial charge in [0.25, 0.3) is 0 Å². The summed E-state index contributed by atoms with van der Waals surface area (Å²) in [5, 5.41) is 0. The zero-order valence-corrected chi connectivity index (χ0v) is 18.5. The molecule has 3 aromatic carbocycles. The molecule has 3 nitrogen and oxygen atoms in total. The highest BCUT2D eigenvalue weighted by molar-refractivity contribution is 7.95. The van der Waals surface area contributed by atoms with Crippen molar-refractivity contribution in [2.45, 2.75) is 37.1 Å². The molecule has 3 aromatic rings. The van der Waals surface area contributed by atoms with Crippen molar-refractivity contribution >= 4 is 12.0 Å². The van der Waals surface area contributed by atoms with E-state index in [9.17, 15) is 0 Å². The molecule has 1 saturated heterocycles. The molecule has 0 bridgehead atoms. The maximum absolute atomic E-state index is 5.94. The van der Waals surface area contributed by atoms with Crippen LogP contribution in [0.1, 0.15) is 35.4 Å². The minimum Gasteiger partial charge on any atom is -0.493 e. The summed E-state index contributed by atoms with van der Waals surface area (Å²) < 4.78 is 11.5. The lowest BCUT2D eigenvalue weighted by molar-refractivity contribution is 0.204. The fraction of sp³-hybridized carbons (Fsp3) is 0.308. The molecule has 1 heterocycles. The summed E-state index contributed by atoms with van der Waals surface area (Å²) in [4.78, 5) is 3.61. The Bertz CT molecular complexity index is 935. The first kappa shape index (κ1) is 20.8. The first-order chi connectivity index (χ1) is 14.7. The Labute approximate surface area is 184 Å². The Morgan fingerprint density at radius 1 is 0.900 bits per heavy atom. The average molecular weight is 420 g/mol. The Kier molecular flexibility index (Phi) is 6.98. The van der Waals surface area contributed by atoms with Crippen molar-refractivity contribution in [3.05, 3.63) is 89.5 Å². The quantitative estimate of drug-likeness (QED) is 0.409. The highest BCUT2D eigenvalue weighted by atomic mass is 32.2. The molecular weight excluding hydrogens is 390 g/mol. The lowest BCUT2D eigenvalue weighted by Gasteiger charge is -2.32. The average Bonchev–Trinajstić information content (AvgIpc) is 2.80. The molecule has 0 amide bonds. The molecule has 0 aromatic heterocycles. The van der Waals surface area contributed by atoms with Gasteiger partial charge in [-0.15, -0.1) is 0 Å². The van der Waals surface area contributed by atoms with E-state index < -0.39 is 0 Å². The molecule has 0 radical (unpaired) electrons. The van der Waals surface area contributed by atoms with Gasteiger partial charge in [-0.05, 0) is 74.2 Å². The van der Waals surface area contributed by atoms with E-state index in [2.05, 4.69) is 78.6 Å². The molecule has 1 fully saturated rings. The predicted octanol–water partition coefficient (Wildman–Crippen LogP) is 6.47. The van der Waals surface area contributed by atoms with Crippen molar-refractivity contribution in [1.82, 2.24) is 4.90 Å². The highest BCUT2D eigenvalue weighted by Crippen LogP contribution is 2.34. The van der Waals surface area contributed by atoms with Gasteiger partial charge in [0, 0.05) is 11.4 Å². The van der Waals surface area contributed by atoms with E-state index in [0.29, 0.717) is 5.92 Å². The van der Waals surface area contributed by atoms with Crippen molar-refractivity contribution in [3.8, 4) is 11.5 Å². The van der Waals surface area contributed by atoms with Crippen molar-refractivity contribution in [3.63, 3.8) is 0 Å². The molecule has 0 spiro atoms. The number of piperidine rings is 1. The Morgan fingerprint density at radius 2 is 1.63 bits per heavy atom. The van der Waals surface area contributed by atoms with Gasteiger partial charge in [0.1, 0.15) is 0 Å². The molecule has 4 rings (SSSR count). The van der Waals surface area contributed by atoms with Crippen LogP contribution >= 0.6 is 12.0 Å². The molecule has 0 atom stereocenters. The number of likely N-dealkylation sites (tertiary alicyclic amines) is 1. The second kappa shape index (κ2) is 10.1. The molecule has 0 unspecified atom stereocenters. The van der Waals surface area contributed by atoms with E-state index in [-0.39, 0.29) is 0 Å². The largest absolute Gasteiger partial charge is 0.493 e. The summed E-state index contributed by atoms with van der Waals surface area (Å²) in [7, 11) is 1.70. The monoisotopic (exact) mass is 419 g/mol. The zero-order valence-electron chi connectivity index (χ0n) is 17.7. The van der Waals surface area contributed by atoms with Gasteiger partial charge in [-0.1, -0.05) is 54.1 Å². The van der Waals surface area contributed by atoms with Crippen molar-refractivity contribution in [2.24, 2.45) is 0 Å². The molecule has 0 saturated carbocycles. The third kappa shape index (κ3) is 5.38. The third-order valence-electron chi connectivity index (χ3n) is 5.74. The smallest absolute Gasteiger partial charge is 0.179 e. The normalized spacial score (nSPS) is 15.1. The molecule has 0 N–H and O–H groups in total. The molecule has 156 valence electrons. The van der Waals surface area contributed by atoms with Crippen LogP contribution in [-0.4, -0.2) is 25.1 Å². The van der Waals surface area contributed by atoms with Crippen LogP contribution in [0, 0.1) is 6.92 Å². The molecule has 30 heavy (non-hydrogen) atoms. The number of rotatable bonds is 7. The van der Waals surface area contributed by atoms with Crippen LogP contribution in [0.3, 0.4) is 0 Å². The summed E-state index contributed by atoms with van der Waals surface area (Å²) in [6, 6.07) is 25.5. The van der Waals surface area contributed by atoms with E-state index in [4.69, 9.17) is 8.92 Å². The second-order valence-corrected chi connectivity index (χ2v) is 8.73. The Hall–Kier alpha value is -2.43. The summed E-state index contributed by atoms with van der Waals surface area (Å²) in [6.07, 6.45) is 2.44. The van der Waals surface area contributed by atoms with E-state index in [1.54, 1.807) is 7.11 Å². The molecule has 1 aliphatic heterocycles. The maximum atomic E-state index is 5.94. The number of hydrogen-bond acceptors (Lipinski definition) is 4. The summed E-state index contributed by atoms with van der Waals surface area (Å²) in [5.74, 6) is 2.23. The van der Waals surface area contributed by atoms with Gasteiger partial charge in [-0.3, -0.25) is 4.90 Å². The molecule has 0 aliphatic carbocycles. The number of benzene rings is 3. The van der Waals surface area contributed by atoms with Crippen molar-refractivity contribution < 1.29 is 8.92 Å². The first-order valence-electron chi connectivity index (χ1n) is 10.6. The minimum absolute atomic E-state index is 0.687. The van der Waals surface area contributed by atoms with Gasteiger partial charge in [0.2, 0.25) is 0 Å². The summed E-state index contributed by atoms with van der Waals surface area (Å²) >= 11 is 1.36. The topological polar surface area (TPSA) is 21.7 Å². The van der Waals surface area contributed by atoms with E-state index in [0.717, 1.165) is 36.0 Å².